The van der Waals surface area contributed by atoms with E-state index in [1.807, 2.05) is 49.4 Å². The number of carbonyl (C=O) groups excluding carboxylic acids is 1. The van der Waals surface area contributed by atoms with Crippen LogP contribution in [0.3, 0.4) is 0 Å². The predicted molar refractivity (Wildman–Crippen MR) is 124 cm³/mol. The number of unbranched alkanes of at least 4 members (excludes halogenated alkanes) is 1. The molecule has 0 unspecified atom stereocenters. The van der Waals surface area contributed by atoms with E-state index in [1.54, 1.807) is 31.4 Å². The van der Waals surface area contributed by atoms with Crippen LogP contribution >= 0.6 is 0 Å². The zero-order valence-corrected chi connectivity index (χ0v) is 19.1. The standard InChI is InChI=1S/C25H28O6S/c1-19(21-10-11-23-17-24(29-2)13-12-22(23)16-21)25(26)30-14-6-7-15-31-32(27,28)18-20-8-4-3-5-9-20/h3-5,8-13,16-17,19H,6-7,14-15,18H2,1-2H3/t19-/m0/s1. The molecule has 0 bridgehead atoms. The van der Waals surface area contributed by atoms with Crippen LogP contribution in [-0.2, 0) is 29.6 Å². The quantitative estimate of drug-likeness (QED) is 0.234. The number of fused-ring (bicyclic) bond motifs is 1. The van der Waals surface area contributed by atoms with Gasteiger partial charge in [-0.2, -0.15) is 8.42 Å². The van der Waals surface area contributed by atoms with E-state index >= 15 is 0 Å². The summed E-state index contributed by atoms with van der Waals surface area (Å²) in [5.41, 5.74) is 1.56. The van der Waals surface area contributed by atoms with E-state index in [-0.39, 0.29) is 24.9 Å². The van der Waals surface area contributed by atoms with Gasteiger partial charge in [-0.15, -0.1) is 0 Å². The Morgan fingerprint density at radius 2 is 1.59 bits per heavy atom. The average molecular weight is 457 g/mol. The summed E-state index contributed by atoms with van der Waals surface area (Å²) in [6, 6.07) is 20.5. The first kappa shape index (κ1) is 23.8. The van der Waals surface area contributed by atoms with Gasteiger partial charge < -0.3 is 9.47 Å². The Kier molecular flexibility index (Phi) is 8.25. The van der Waals surface area contributed by atoms with Crippen LogP contribution < -0.4 is 4.74 Å². The van der Waals surface area contributed by atoms with E-state index in [0.717, 1.165) is 22.1 Å². The topological polar surface area (TPSA) is 78.9 Å². The SMILES string of the molecule is COc1ccc2cc([C@H](C)C(=O)OCCCCOS(=O)(=O)Cc3ccccc3)ccc2c1. The number of hydrogen-bond donors (Lipinski definition) is 0. The van der Waals surface area contributed by atoms with Crippen LogP contribution in [0.1, 0.15) is 36.8 Å². The van der Waals surface area contributed by atoms with Crippen LogP contribution in [0.5, 0.6) is 5.75 Å². The summed E-state index contributed by atoms with van der Waals surface area (Å²) in [4.78, 5) is 12.4. The molecule has 3 aromatic rings. The van der Waals surface area contributed by atoms with Crippen LogP contribution in [0.2, 0.25) is 0 Å². The molecule has 32 heavy (non-hydrogen) atoms. The van der Waals surface area contributed by atoms with Crippen molar-refractivity contribution in [3.05, 3.63) is 77.9 Å². The van der Waals surface area contributed by atoms with Crippen molar-refractivity contribution in [1.29, 1.82) is 0 Å². The fourth-order valence-corrected chi connectivity index (χ4v) is 4.34. The molecule has 3 rings (SSSR count). The number of hydrogen-bond acceptors (Lipinski definition) is 6. The summed E-state index contributed by atoms with van der Waals surface area (Å²) in [5, 5.41) is 2.06. The van der Waals surface area contributed by atoms with E-state index in [2.05, 4.69) is 0 Å². The van der Waals surface area contributed by atoms with Gasteiger partial charge in [-0.25, -0.2) is 0 Å². The molecular formula is C25H28O6S. The van der Waals surface area contributed by atoms with Gasteiger partial charge in [0.05, 0.1) is 26.2 Å². The van der Waals surface area contributed by atoms with E-state index in [1.165, 1.54) is 0 Å². The van der Waals surface area contributed by atoms with Crippen molar-refractivity contribution in [2.24, 2.45) is 0 Å². The van der Waals surface area contributed by atoms with Crippen molar-refractivity contribution in [2.45, 2.75) is 31.4 Å². The molecule has 0 radical (unpaired) electrons. The highest BCUT2D eigenvalue weighted by Crippen LogP contribution is 2.25. The molecule has 0 spiro atoms. The fraction of sp³-hybridized carbons (Fsp3) is 0.320. The third-order valence-electron chi connectivity index (χ3n) is 5.16. The maximum atomic E-state index is 12.4. The summed E-state index contributed by atoms with van der Waals surface area (Å²) in [7, 11) is -2.00. The van der Waals surface area contributed by atoms with Gasteiger partial charge >= 0.3 is 5.97 Å². The van der Waals surface area contributed by atoms with Crippen molar-refractivity contribution >= 4 is 26.9 Å². The largest absolute Gasteiger partial charge is 0.497 e. The molecule has 0 saturated carbocycles. The Balaban J connectivity index is 1.40. The minimum Gasteiger partial charge on any atom is -0.497 e. The zero-order chi connectivity index (χ0) is 23.0. The molecule has 3 aromatic carbocycles. The lowest BCUT2D eigenvalue weighted by atomic mass is 9.98. The van der Waals surface area contributed by atoms with Gasteiger partial charge in [0.15, 0.2) is 0 Å². The normalized spacial score (nSPS) is 12.4. The molecule has 0 heterocycles. The molecule has 1 atom stereocenters. The van der Waals surface area contributed by atoms with E-state index in [0.29, 0.717) is 18.4 Å². The van der Waals surface area contributed by atoms with Gasteiger partial charge in [0.2, 0.25) is 0 Å². The van der Waals surface area contributed by atoms with Gasteiger partial charge in [-0.3, -0.25) is 8.98 Å². The third kappa shape index (κ3) is 6.80. The first-order valence-corrected chi connectivity index (χ1v) is 12.1. The van der Waals surface area contributed by atoms with E-state index in [4.69, 9.17) is 13.7 Å². The monoisotopic (exact) mass is 456 g/mol. The summed E-state index contributed by atoms with van der Waals surface area (Å²) in [5.74, 6) is -0.0761. The van der Waals surface area contributed by atoms with E-state index < -0.39 is 16.0 Å². The second-order valence-electron chi connectivity index (χ2n) is 7.58. The van der Waals surface area contributed by atoms with Gasteiger partial charge in [0.1, 0.15) is 11.5 Å². The van der Waals surface area contributed by atoms with Crippen molar-refractivity contribution in [3.63, 3.8) is 0 Å². The summed E-state index contributed by atoms with van der Waals surface area (Å²) in [6.07, 6.45) is 1.00. The minimum atomic E-state index is -3.63. The summed E-state index contributed by atoms with van der Waals surface area (Å²) >= 11 is 0. The number of carbonyl (C=O) groups is 1. The van der Waals surface area contributed by atoms with Crippen molar-refractivity contribution in [2.75, 3.05) is 20.3 Å². The van der Waals surface area contributed by atoms with Crippen LogP contribution in [0.15, 0.2) is 66.7 Å². The Bertz CT molecular complexity index is 1140. The maximum Gasteiger partial charge on any atom is 0.313 e. The number of benzene rings is 3. The Morgan fingerprint density at radius 3 is 2.34 bits per heavy atom. The van der Waals surface area contributed by atoms with Crippen LogP contribution in [0.4, 0.5) is 0 Å². The number of esters is 1. The summed E-state index contributed by atoms with van der Waals surface area (Å²) < 4.78 is 39.7. The maximum absolute atomic E-state index is 12.4. The predicted octanol–water partition coefficient (Wildman–Crippen LogP) is 4.82. The molecular weight excluding hydrogens is 428 g/mol. The average Bonchev–Trinajstić information content (AvgIpc) is 2.80. The second-order valence-corrected chi connectivity index (χ2v) is 9.22. The fourth-order valence-electron chi connectivity index (χ4n) is 3.28. The lowest BCUT2D eigenvalue weighted by Crippen LogP contribution is -2.15. The molecule has 7 heteroatoms. The third-order valence-corrected chi connectivity index (χ3v) is 6.37. The van der Waals surface area contributed by atoms with Crippen LogP contribution in [0, 0.1) is 0 Å². The van der Waals surface area contributed by atoms with Gasteiger partial charge in [0, 0.05) is 0 Å². The second kappa shape index (κ2) is 11.1. The molecule has 0 saturated heterocycles. The zero-order valence-electron chi connectivity index (χ0n) is 18.3. The Morgan fingerprint density at radius 1 is 0.906 bits per heavy atom. The number of rotatable bonds is 11. The number of methoxy groups -OCH3 is 1. The van der Waals surface area contributed by atoms with Crippen LogP contribution in [-0.4, -0.2) is 34.7 Å². The van der Waals surface area contributed by atoms with E-state index in [9.17, 15) is 13.2 Å². The molecule has 0 amide bonds. The molecule has 170 valence electrons. The number of ether oxygens (including phenoxy) is 2. The van der Waals surface area contributed by atoms with Gasteiger partial charge in [-0.1, -0.05) is 54.6 Å². The highest BCUT2D eigenvalue weighted by Gasteiger charge is 2.17. The first-order chi connectivity index (χ1) is 15.4. The molecule has 6 nitrogen and oxygen atoms in total. The lowest BCUT2D eigenvalue weighted by molar-refractivity contribution is -0.145. The molecule has 0 aliphatic heterocycles. The van der Waals surface area contributed by atoms with Crippen molar-refractivity contribution in [1.82, 2.24) is 0 Å². The van der Waals surface area contributed by atoms with Gasteiger partial charge in [-0.05, 0) is 53.8 Å². The van der Waals surface area contributed by atoms with Crippen molar-refractivity contribution in [3.8, 4) is 5.75 Å². The lowest BCUT2D eigenvalue weighted by Gasteiger charge is -2.13. The molecule has 0 aliphatic carbocycles. The molecule has 0 fully saturated rings. The smallest absolute Gasteiger partial charge is 0.313 e. The minimum absolute atomic E-state index is 0.0659. The molecule has 0 N–H and O–H groups in total. The molecule has 0 aromatic heterocycles. The first-order valence-electron chi connectivity index (χ1n) is 10.5. The van der Waals surface area contributed by atoms with Crippen molar-refractivity contribution < 1.29 is 26.9 Å². The highest BCUT2D eigenvalue weighted by molar-refractivity contribution is 7.85. The van der Waals surface area contributed by atoms with Crippen LogP contribution in [0.25, 0.3) is 10.8 Å². The molecule has 0 aliphatic rings. The Hall–Kier alpha value is -2.90. The Labute approximate surface area is 189 Å². The highest BCUT2D eigenvalue weighted by atomic mass is 32.2. The van der Waals surface area contributed by atoms with Gasteiger partial charge in [0.25, 0.3) is 10.1 Å². The summed E-state index contributed by atoms with van der Waals surface area (Å²) in [6.45, 7) is 2.10.